The van der Waals surface area contributed by atoms with Gasteiger partial charge in [-0.2, -0.15) is 15.1 Å². The Bertz CT molecular complexity index is 1740. The van der Waals surface area contributed by atoms with Gasteiger partial charge in [-0.1, -0.05) is 19.9 Å². The Morgan fingerprint density at radius 1 is 1.15 bits per heavy atom. The molecule has 1 aliphatic carbocycles. The number of amides is 1. The number of rotatable bonds is 5. The number of benzene rings is 1. The van der Waals surface area contributed by atoms with Gasteiger partial charge in [0.1, 0.15) is 24.2 Å². The van der Waals surface area contributed by atoms with Gasteiger partial charge in [-0.25, -0.2) is 4.39 Å². The van der Waals surface area contributed by atoms with Crippen molar-refractivity contribution < 1.29 is 18.7 Å². The number of anilines is 2. The van der Waals surface area contributed by atoms with Crippen molar-refractivity contribution in [1.29, 1.82) is 0 Å². The zero-order valence-electron chi connectivity index (χ0n) is 27.9. The molecule has 3 atom stereocenters. The molecule has 5 aliphatic rings. The van der Waals surface area contributed by atoms with Crippen LogP contribution in [0.3, 0.4) is 0 Å². The summed E-state index contributed by atoms with van der Waals surface area (Å²) in [5, 5.41) is 4.64. The molecule has 2 N–H and O–H groups in total. The number of nitrogen functional groups attached to an aromatic ring is 1. The van der Waals surface area contributed by atoms with Gasteiger partial charge in [0.05, 0.1) is 30.1 Å². The maximum atomic E-state index is 14.6. The molecule has 3 aromatic rings. The molecule has 47 heavy (non-hydrogen) atoms. The molecule has 8 rings (SSSR count). The molecule has 0 radical (unpaired) electrons. The standard InChI is InChI=1S/C35H45FN8O3/c1-33(2)15-22-7-8-24(37)13-27(22)35(33)17-29-26(20-47-35)30(39-32(38-29)46-21-34-9-5-11-43(34)18-23(36)16-34)42-10-6-12-44-25(19-42)14-28(40-44)31(45)41(3)4/h7-8,13-14,23H,5-6,9-12,15-21,37H2,1-4H3/t23-,34+,35+/m1/s1. The van der Waals surface area contributed by atoms with Crippen molar-refractivity contribution >= 4 is 17.4 Å². The predicted octanol–water partition coefficient (Wildman–Crippen LogP) is 3.87. The van der Waals surface area contributed by atoms with Gasteiger partial charge in [0.25, 0.3) is 5.91 Å². The number of hydrogen-bond acceptors (Lipinski definition) is 9. The third kappa shape index (κ3) is 4.89. The lowest BCUT2D eigenvalue weighted by atomic mass is 9.71. The van der Waals surface area contributed by atoms with Crippen LogP contribution < -0.4 is 15.4 Å². The summed E-state index contributed by atoms with van der Waals surface area (Å²) in [6.45, 7) is 8.60. The van der Waals surface area contributed by atoms with E-state index in [0.717, 1.165) is 72.8 Å². The summed E-state index contributed by atoms with van der Waals surface area (Å²) in [6.07, 6.45) is 3.89. The maximum Gasteiger partial charge on any atom is 0.318 e. The topological polar surface area (TPSA) is 115 Å². The predicted molar refractivity (Wildman–Crippen MR) is 175 cm³/mol. The lowest BCUT2D eigenvalue weighted by Crippen LogP contribution is -2.46. The van der Waals surface area contributed by atoms with E-state index in [-0.39, 0.29) is 16.9 Å². The molecule has 2 saturated heterocycles. The van der Waals surface area contributed by atoms with Crippen molar-refractivity contribution in [3.63, 3.8) is 0 Å². The number of ether oxygens (including phenoxy) is 2. The van der Waals surface area contributed by atoms with Crippen LogP contribution in [0.15, 0.2) is 24.3 Å². The molecule has 1 spiro atoms. The molecule has 6 heterocycles. The van der Waals surface area contributed by atoms with Gasteiger partial charge in [-0.05, 0) is 61.6 Å². The lowest BCUT2D eigenvalue weighted by Gasteiger charge is -2.45. The molecule has 2 aromatic heterocycles. The fraction of sp³-hybridized carbons (Fsp3) is 0.600. The first-order valence-electron chi connectivity index (χ1n) is 16.9. The summed E-state index contributed by atoms with van der Waals surface area (Å²) < 4.78 is 30.0. The molecule has 2 fully saturated rings. The van der Waals surface area contributed by atoms with Crippen molar-refractivity contribution in [2.24, 2.45) is 5.41 Å². The van der Waals surface area contributed by atoms with Gasteiger partial charge < -0.3 is 25.0 Å². The first kappa shape index (κ1) is 30.6. The Morgan fingerprint density at radius 2 is 2.00 bits per heavy atom. The molecule has 250 valence electrons. The van der Waals surface area contributed by atoms with Crippen LogP contribution in [0.25, 0.3) is 0 Å². The molecule has 1 aromatic carbocycles. The third-order valence-electron chi connectivity index (χ3n) is 11.4. The molecular formula is C35H45FN8O3. The van der Waals surface area contributed by atoms with Gasteiger partial charge in [0, 0.05) is 63.2 Å². The highest BCUT2D eigenvalue weighted by Gasteiger charge is 2.56. The van der Waals surface area contributed by atoms with Gasteiger partial charge in [0.2, 0.25) is 0 Å². The minimum Gasteiger partial charge on any atom is -0.461 e. The lowest BCUT2D eigenvalue weighted by molar-refractivity contribution is -0.139. The summed E-state index contributed by atoms with van der Waals surface area (Å²) in [7, 11) is 3.48. The minimum absolute atomic E-state index is 0.117. The largest absolute Gasteiger partial charge is 0.461 e. The number of nitrogens with zero attached hydrogens (tertiary/aromatic N) is 7. The molecule has 0 saturated carbocycles. The number of carbonyl (C=O) groups excluding carboxylic acids is 1. The Labute approximate surface area is 275 Å². The number of halogens is 1. The van der Waals surface area contributed by atoms with Crippen molar-refractivity contribution in [2.75, 3.05) is 51.0 Å². The van der Waals surface area contributed by atoms with Crippen LogP contribution in [-0.4, -0.2) is 87.5 Å². The van der Waals surface area contributed by atoms with Gasteiger partial charge in [0.15, 0.2) is 5.69 Å². The molecular weight excluding hydrogens is 599 g/mol. The zero-order chi connectivity index (χ0) is 32.7. The monoisotopic (exact) mass is 644 g/mol. The van der Waals surface area contributed by atoms with Crippen LogP contribution in [0.4, 0.5) is 15.9 Å². The highest BCUT2D eigenvalue weighted by Crippen LogP contribution is 2.57. The quantitative estimate of drug-likeness (QED) is 0.414. The fourth-order valence-electron chi connectivity index (χ4n) is 8.94. The molecule has 4 aliphatic heterocycles. The first-order valence-corrected chi connectivity index (χ1v) is 16.9. The van der Waals surface area contributed by atoms with Crippen molar-refractivity contribution in [1.82, 2.24) is 29.5 Å². The highest BCUT2D eigenvalue weighted by molar-refractivity contribution is 5.92. The second-order valence-corrected chi connectivity index (χ2v) is 15.1. The second kappa shape index (κ2) is 10.9. The molecule has 11 nitrogen and oxygen atoms in total. The summed E-state index contributed by atoms with van der Waals surface area (Å²) in [5.41, 5.74) is 11.6. The van der Waals surface area contributed by atoms with E-state index >= 15 is 0 Å². The minimum atomic E-state index is -0.834. The zero-order valence-corrected chi connectivity index (χ0v) is 27.9. The number of aromatic nitrogens is 4. The van der Waals surface area contributed by atoms with Crippen LogP contribution in [0.5, 0.6) is 6.01 Å². The average Bonchev–Trinajstić information content (AvgIpc) is 3.71. The normalized spacial score (nSPS) is 27.7. The Kier molecular flexibility index (Phi) is 7.07. The number of fused-ring (bicyclic) bond motifs is 5. The Balaban J connectivity index is 1.18. The number of alkyl halides is 1. The first-order chi connectivity index (χ1) is 22.5. The Hall–Kier alpha value is -3.77. The number of hydrogen-bond donors (Lipinski definition) is 1. The van der Waals surface area contributed by atoms with E-state index < -0.39 is 11.8 Å². The Morgan fingerprint density at radius 3 is 2.83 bits per heavy atom. The number of nitrogens with two attached hydrogens (primary N) is 1. The average molecular weight is 645 g/mol. The van der Waals surface area contributed by atoms with Gasteiger partial charge in [-0.3, -0.25) is 14.4 Å². The van der Waals surface area contributed by atoms with Crippen molar-refractivity contribution in [2.45, 2.75) is 89.4 Å². The van der Waals surface area contributed by atoms with E-state index in [1.807, 2.05) is 16.8 Å². The van der Waals surface area contributed by atoms with Crippen LogP contribution in [0, 0.1) is 5.41 Å². The van der Waals surface area contributed by atoms with E-state index in [2.05, 4.69) is 40.9 Å². The third-order valence-corrected chi connectivity index (χ3v) is 11.4. The summed E-state index contributed by atoms with van der Waals surface area (Å²) in [6, 6.07) is 8.38. The van der Waals surface area contributed by atoms with Crippen LogP contribution in [0.2, 0.25) is 0 Å². The molecule has 1 amide bonds. The van der Waals surface area contributed by atoms with E-state index in [1.54, 1.807) is 19.0 Å². The van der Waals surface area contributed by atoms with Crippen LogP contribution in [0.1, 0.15) is 78.1 Å². The van der Waals surface area contributed by atoms with Crippen molar-refractivity contribution in [3.8, 4) is 6.01 Å². The molecule has 0 bridgehead atoms. The second-order valence-electron chi connectivity index (χ2n) is 15.1. The van der Waals surface area contributed by atoms with Crippen LogP contribution in [-0.2, 0) is 42.9 Å². The van der Waals surface area contributed by atoms with E-state index in [1.165, 1.54) is 5.56 Å². The summed E-state index contributed by atoms with van der Waals surface area (Å²) in [5.74, 6) is 0.669. The number of aryl methyl sites for hydroxylation is 1. The number of carbonyl (C=O) groups is 1. The van der Waals surface area contributed by atoms with Crippen LogP contribution >= 0.6 is 0 Å². The van der Waals surface area contributed by atoms with E-state index in [4.69, 9.17) is 25.2 Å². The van der Waals surface area contributed by atoms with Crippen molar-refractivity contribution in [3.05, 3.63) is 58.0 Å². The smallest absolute Gasteiger partial charge is 0.318 e. The van der Waals surface area contributed by atoms with E-state index in [9.17, 15) is 9.18 Å². The summed E-state index contributed by atoms with van der Waals surface area (Å²) >= 11 is 0. The maximum absolute atomic E-state index is 14.6. The summed E-state index contributed by atoms with van der Waals surface area (Å²) in [4.78, 5) is 29.0. The SMILES string of the molecule is CN(C)C(=O)c1cc2n(n1)CCCN(c1nc(OC[C@@]34CCCN3C[C@H](F)C4)nc3c1CO[C@@]1(C3)c3cc(N)ccc3CC1(C)C)C2. The van der Waals surface area contributed by atoms with E-state index in [0.29, 0.717) is 57.4 Å². The molecule has 0 unspecified atom stereocenters. The fourth-order valence-corrected chi connectivity index (χ4v) is 8.94. The van der Waals surface area contributed by atoms with Gasteiger partial charge in [-0.15, -0.1) is 0 Å². The van der Waals surface area contributed by atoms with Gasteiger partial charge >= 0.3 is 6.01 Å². The molecule has 12 heteroatoms. The highest BCUT2D eigenvalue weighted by atomic mass is 19.1.